The highest BCUT2D eigenvalue weighted by atomic mass is 35.5. The van der Waals surface area contributed by atoms with Crippen LogP contribution in [-0.4, -0.2) is 47.3 Å². The lowest BCUT2D eigenvalue weighted by molar-refractivity contribution is 0.0983. The van der Waals surface area contributed by atoms with Crippen LogP contribution in [0.3, 0.4) is 0 Å². The summed E-state index contributed by atoms with van der Waals surface area (Å²) in [6, 6.07) is 40.5. The molecule has 0 spiro atoms. The third-order valence-corrected chi connectivity index (χ3v) is 12.6. The molecule has 0 atom stereocenters. The van der Waals surface area contributed by atoms with Gasteiger partial charge >= 0.3 is 0 Å². The highest BCUT2D eigenvalue weighted by Crippen LogP contribution is 2.28. The minimum atomic E-state index is 0.0258. The van der Waals surface area contributed by atoms with Crippen LogP contribution >= 0.6 is 11.6 Å². The molecule has 0 amide bonds. The van der Waals surface area contributed by atoms with E-state index >= 15 is 0 Å². The lowest BCUT2D eigenvalue weighted by Crippen LogP contribution is -2.32. The Morgan fingerprint density at radius 1 is 0.554 bits per heavy atom. The van der Waals surface area contributed by atoms with E-state index in [-0.39, 0.29) is 35.2 Å². The number of ketones is 2. The van der Waals surface area contributed by atoms with Crippen LogP contribution in [0, 0.1) is 0 Å². The number of carbonyl (C=O) groups excluding carboxylic acids is 2. The zero-order chi connectivity index (χ0) is 45.7. The summed E-state index contributed by atoms with van der Waals surface area (Å²) in [7, 11) is 0. The van der Waals surface area contributed by atoms with Gasteiger partial charge in [0, 0.05) is 42.4 Å². The normalized spacial score (nSPS) is 13.6. The van der Waals surface area contributed by atoms with Crippen molar-refractivity contribution in [3.05, 3.63) is 195 Å². The third-order valence-electron chi connectivity index (χ3n) is 12.3. The van der Waals surface area contributed by atoms with Gasteiger partial charge in [-0.05, 0) is 82.4 Å². The van der Waals surface area contributed by atoms with Gasteiger partial charge in [0.05, 0.1) is 36.6 Å². The number of rotatable bonds is 7. The van der Waals surface area contributed by atoms with E-state index in [1.807, 2.05) is 53.0 Å². The van der Waals surface area contributed by atoms with Gasteiger partial charge in [0.15, 0.2) is 22.9 Å². The summed E-state index contributed by atoms with van der Waals surface area (Å²) in [5.41, 5.74) is 12.7. The number of anilines is 1. The van der Waals surface area contributed by atoms with E-state index in [2.05, 4.69) is 122 Å². The topological polar surface area (TPSA) is 97.8 Å². The minimum absolute atomic E-state index is 0.0258. The molecule has 1 aliphatic heterocycles. The second-order valence-corrected chi connectivity index (χ2v) is 19.5. The molecule has 4 aromatic heterocycles. The number of aromatic nitrogens is 6. The van der Waals surface area contributed by atoms with Crippen LogP contribution in [0.5, 0.6) is 0 Å². The smallest absolute Gasteiger partial charge is 0.168 e. The molecule has 332 valence electrons. The fraction of sp³-hybridized carbons (Fsp3) is 0.309. The molecule has 0 saturated heterocycles. The summed E-state index contributed by atoms with van der Waals surface area (Å²) in [6.07, 6.45) is 10.3. The van der Waals surface area contributed by atoms with Crippen LogP contribution < -0.4 is 4.90 Å². The summed E-state index contributed by atoms with van der Waals surface area (Å²) in [5, 5.41) is 9.00. The number of benzene rings is 4. The maximum atomic E-state index is 13.0. The van der Waals surface area contributed by atoms with Gasteiger partial charge in [0.25, 0.3) is 0 Å². The van der Waals surface area contributed by atoms with Crippen LogP contribution in [0.15, 0.2) is 134 Å². The molecule has 4 aromatic carbocycles. The van der Waals surface area contributed by atoms with Gasteiger partial charge in [0.2, 0.25) is 0 Å². The number of fused-ring (bicyclic) bond motifs is 4. The first kappa shape index (κ1) is 45.1. The fourth-order valence-electron chi connectivity index (χ4n) is 8.49. The second kappa shape index (κ2) is 19.3. The first-order valence-electron chi connectivity index (χ1n) is 22.7. The van der Waals surface area contributed by atoms with E-state index in [9.17, 15) is 9.59 Å². The van der Waals surface area contributed by atoms with E-state index in [1.165, 1.54) is 52.5 Å². The number of nitrogens with zero attached hydrogens (tertiary/aromatic N) is 7. The molecule has 0 saturated carbocycles. The quantitative estimate of drug-likeness (QED) is 0.116. The molecule has 1 aliphatic carbocycles. The van der Waals surface area contributed by atoms with E-state index in [1.54, 1.807) is 35.7 Å². The average Bonchev–Trinajstić information content (AvgIpc) is 3.99. The van der Waals surface area contributed by atoms with Crippen LogP contribution in [0.25, 0.3) is 11.3 Å². The fourth-order valence-corrected chi connectivity index (χ4v) is 8.75. The molecule has 2 aliphatic rings. The van der Waals surface area contributed by atoms with E-state index in [0.29, 0.717) is 22.1 Å². The van der Waals surface area contributed by atoms with Crippen LogP contribution in [0.4, 0.5) is 5.82 Å². The van der Waals surface area contributed by atoms with E-state index < -0.39 is 0 Å². The van der Waals surface area contributed by atoms with Crippen molar-refractivity contribution in [1.82, 2.24) is 29.2 Å². The van der Waals surface area contributed by atoms with Gasteiger partial charge in [-0.2, -0.15) is 14.7 Å². The molecule has 10 rings (SSSR count). The number of Topliss-reactive ketones (excluding diaryl/α,β-unsaturated/α-hetero) is 2. The number of hydrogen-bond acceptors (Lipinski definition) is 7. The van der Waals surface area contributed by atoms with Gasteiger partial charge in [-0.15, -0.1) is 0 Å². The van der Waals surface area contributed by atoms with Crippen molar-refractivity contribution in [1.29, 1.82) is 0 Å². The van der Waals surface area contributed by atoms with Gasteiger partial charge in [0.1, 0.15) is 11.0 Å². The summed E-state index contributed by atoms with van der Waals surface area (Å²) in [4.78, 5) is 36.9. The SMILES string of the molecule is CC(C)(C)c1ccc(C(=O)Cc2cc(Cl)n3nccc3n2)cc1.CC(C)(C)c1ccc(C(=O)Cc2cc(N3CCc4ccccc4C3)n3nccc3n2)cc1.c1ccc2c(c1)CCCC2. The zero-order valence-electron chi connectivity index (χ0n) is 38.4. The van der Waals surface area contributed by atoms with Crippen LogP contribution in [0.1, 0.15) is 120 Å². The summed E-state index contributed by atoms with van der Waals surface area (Å²) in [6.45, 7) is 14.7. The maximum Gasteiger partial charge on any atom is 0.168 e. The molecule has 0 radical (unpaired) electrons. The lowest BCUT2D eigenvalue weighted by atomic mass is 9.86. The summed E-state index contributed by atoms with van der Waals surface area (Å²) >= 11 is 6.15. The Labute approximate surface area is 387 Å². The van der Waals surface area contributed by atoms with E-state index in [0.717, 1.165) is 42.2 Å². The molecular weight excluding hydrogens is 826 g/mol. The molecule has 0 unspecified atom stereocenters. The second-order valence-electron chi connectivity index (χ2n) is 19.1. The molecule has 9 nitrogen and oxygen atoms in total. The zero-order valence-corrected chi connectivity index (χ0v) is 39.1. The van der Waals surface area contributed by atoms with Crippen LogP contribution in [-0.2, 0) is 49.5 Å². The van der Waals surface area contributed by atoms with Crippen molar-refractivity contribution in [2.45, 2.75) is 104 Å². The van der Waals surface area contributed by atoms with Gasteiger partial charge in [-0.1, -0.05) is 150 Å². The highest BCUT2D eigenvalue weighted by Gasteiger charge is 2.22. The summed E-state index contributed by atoms with van der Waals surface area (Å²) < 4.78 is 3.41. The average molecular weight is 885 g/mol. The third kappa shape index (κ3) is 10.9. The van der Waals surface area contributed by atoms with Crippen molar-refractivity contribution in [3.8, 4) is 0 Å². The predicted octanol–water partition coefficient (Wildman–Crippen LogP) is 11.7. The Bertz CT molecular complexity index is 2910. The van der Waals surface area contributed by atoms with Gasteiger partial charge in [-0.25, -0.2) is 14.5 Å². The first-order chi connectivity index (χ1) is 31.2. The summed E-state index contributed by atoms with van der Waals surface area (Å²) in [5.74, 6) is 1.09. The molecule has 10 heteroatoms. The molecule has 5 heterocycles. The number of halogens is 1. The van der Waals surface area contributed by atoms with Gasteiger partial charge < -0.3 is 4.90 Å². The molecule has 8 aromatic rings. The number of carbonyl (C=O) groups is 2. The molecule has 0 bridgehead atoms. The van der Waals surface area contributed by atoms with Crippen molar-refractivity contribution in [2.24, 2.45) is 0 Å². The monoisotopic (exact) mass is 883 g/mol. The Morgan fingerprint density at radius 2 is 1.00 bits per heavy atom. The highest BCUT2D eigenvalue weighted by molar-refractivity contribution is 6.29. The van der Waals surface area contributed by atoms with Crippen molar-refractivity contribution in [3.63, 3.8) is 0 Å². The maximum absolute atomic E-state index is 13.0. The molecule has 0 fully saturated rings. The largest absolute Gasteiger partial charge is 0.352 e. The lowest BCUT2D eigenvalue weighted by Gasteiger charge is -2.31. The molecule has 65 heavy (non-hydrogen) atoms. The van der Waals surface area contributed by atoms with Crippen LogP contribution in [0.2, 0.25) is 5.15 Å². The molecule has 0 N–H and O–H groups in total. The Kier molecular flexibility index (Phi) is 13.4. The Balaban J connectivity index is 0.000000151. The Hall–Kier alpha value is -6.45. The Morgan fingerprint density at radius 3 is 1.51 bits per heavy atom. The van der Waals surface area contributed by atoms with Crippen molar-refractivity contribution >= 4 is 40.3 Å². The number of aryl methyl sites for hydroxylation is 2. The van der Waals surface area contributed by atoms with E-state index in [4.69, 9.17) is 16.6 Å². The first-order valence-corrected chi connectivity index (χ1v) is 23.1. The molecular formula is C55H58ClN7O2. The van der Waals surface area contributed by atoms with Gasteiger partial charge in [-0.3, -0.25) is 9.59 Å². The van der Waals surface area contributed by atoms with Crippen molar-refractivity contribution in [2.75, 3.05) is 11.4 Å². The minimum Gasteiger partial charge on any atom is -0.352 e. The van der Waals surface area contributed by atoms with Crippen molar-refractivity contribution < 1.29 is 9.59 Å². The predicted molar refractivity (Wildman–Crippen MR) is 262 cm³/mol. The number of hydrogen-bond donors (Lipinski definition) is 0. The standard InChI is InChI=1S/C27H28N4O.C18H18ClN3O.C10H12/c1-27(2,3)22-10-8-20(9-11-22)24(32)16-23-17-26(31-25(29-23)12-14-28-31)30-15-13-19-6-4-5-7-21(19)18-30;1-18(2,3)13-6-4-12(5-7-13)15(23)10-14-11-16(19)22-17(21-14)8-9-20-22;1-2-6-10-8-4-3-7-9(10)5-1/h4-12,14,17H,13,15-16,18H2,1-3H3;4-9,11H,10H2,1-3H3;1-2,5-6H,3-4,7-8H2.